The van der Waals surface area contributed by atoms with Crippen molar-refractivity contribution < 1.29 is 17.9 Å². The van der Waals surface area contributed by atoms with Crippen molar-refractivity contribution in [3.8, 4) is 0 Å². The van der Waals surface area contributed by atoms with Gasteiger partial charge in [0.05, 0.1) is 25.2 Å². The zero-order chi connectivity index (χ0) is 16.4. The van der Waals surface area contributed by atoms with Crippen LogP contribution in [0.15, 0.2) is 12.5 Å². The lowest BCUT2D eigenvalue weighted by Gasteiger charge is -2.24. The fourth-order valence-electron chi connectivity index (χ4n) is 2.85. The molecule has 0 radical (unpaired) electrons. The number of hydrogen-bond acceptors (Lipinski definition) is 5. The molecule has 1 aromatic rings. The van der Waals surface area contributed by atoms with Gasteiger partial charge in [0.2, 0.25) is 5.91 Å². The molecule has 0 spiro atoms. The molecule has 2 heterocycles. The van der Waals surface area contributed by atoms with E-state index in [-0.39, 0.29) is 11.8 Å². The molecule has 128 valence electrons. The highest BCUT2D eigenvalue weighted by molar-refractivity contribution is 7.91. The summed E-state index contributed by atoms with van der Waals surface area (Å²) in [5, 5.41) is 0. The van der Waals surface area contributed by atoms with E-state index in [0.717, 1.165) is 25.1 Å². The van der Waals surface area contributed by atoms with Gasteiger partial charge in [-0.15, -0.1) is 0 Å². The van der Waals surface area contributed by atoms with Crippen LogP contribution in [0.5, 0.6) is 0 Å². The van der Waals surface area contributed by atoms with Crippen molar-refractivity contribution >= 4 is 15.7 Å². The van der Waals surface area contributed by atoms with Gasteiger partial charge in [-0.05, 0) is 18.8 Å². The second-order valence-electron chi connectivity index (χ2n) is 6.73. The number of hydrogen-bond donors (Lipinski definition) is 0. The first-order valence-corrected chi connectivity index (χ1v) is 9.99. The topological polar surface area (TPSA) is 81.5 Å². The highest BCUT2D eigenvalue weighted by atomic mass is 32.2. The number of carbonyl (C=O) groups excluding carboxylic acids is 1. The summed E-state index contributed by atoms with van der Waals surface area (Å²) in [6.45, 7) is 3.01. The Morgan fingerprint density at radius 3 is 2.74 bits per heavy atom. The molecular weight excluding hydrogens is 318 g/mol. The molecule has 1 amide bonds. The third-order valence-corrected chi connectivity index (χ3v) is 5.00. The van der Waals surface area contributed by atoms with Gasteiger partial charge in [0, 0.05) is 38.1 Å². The molecular formula is C15H23N3O4S. The van der Waals surface area contributed by atoms with Crippen LogP contribution in [0.1, 0.15) is 18.5 Å². The average molecular weight is 341 g/mol. The molecule has 1 saturated carbocycles. The Labute approximate surface area is 136 Å². The molecule has 0 saturated heterocycles. The standard InChI is InChI=1S/C15H23N3O4S/c1-23(20,21)10-15(19)17-5-13(9-22-8-12-2-3-12)6-18-11-16-4-14(18)7-17/h4,11-13H,2-3,5-10H2,1H3/t13-/m0/s1. The van der Waals surface area contributed by atoms with E-state index in [0.29, 0.717) is 25.6 Å². The highest BCUT2D eigenvalue weighted by Crippen LogP contribution is 2.29. The fraction of sp³-hybridized carbons (Fsp3) is 0.733. The molecule has 0 bridgehead atoms. The van der Waals surface area contributed by atoms with Crippen molar-refractivity contribution in [2.24, 2.45) is 11.8 Å². The summed E-state index contributed by atoms with van der Waals surface area (Å²) in [6.07, 6.45) is 7.07. The number of carbonyl (C=O) groups is 1. The Balaban J connectivity index is 1.67. The Morgan fingerprint density at radius 1 is 1.30 bits per heavy atom. The molecule has 0 aromatic carbocycles. The molecule has 1 aromatic heterocycles. The summed E-state index contributed by atoms with van der Waals surface area (Å²) in [7, 11) is -3.33. The van der Waals surface area contributed by atoms with E-state index >= 15 is 0 Å². The van der Waals surface area contributed by atoms with Gasteiger partial charge in [-0.1, -0.05) is 0 Å². The van der Waals surface area contributed by atoms with Crippen molar-refractivity contribution in [3.63, 3.8) is 0 Å². The Morgan fingerprint density at radius 2 is 2.04 bits per heavy atom. The SMILES string of the molecule is CS(=O)(=O)CC(=O)N1Cc2cncn2C[C@@H](COCC2CC2)C1. The zero-order valence-electron chi connectivity index (χ0n) is 13.3. The van der Waals surface area contributed by atoms with E-state index in [2.05, 4.69) is 4.98 Å². The summed E-state index contributed by atoms with van der Waals surface area (Å²) in [6, 6.07) is 0. The summed E-state index contributed by atoms with van der Waals surface area (Å²) < 4.78 is 30.6. The molecule has 8 heteroatoms. The average Bonchev–Trinajstić information content (AvgIpc) is 3.20. The van der Waals surface area contributed by atoms with E-state index in [1.54, 1.807) is 17.4 Å². The second-order valence-corrected chi connectivity index (χ2v) is 8.87. The van der Waals surface area contributed by atoms with Crippen LogP contribution in [-0.4, -0.2) is 60.5 Å². The predicted octanol–water partition coefficient (Wildman–Crippen LogP) is 0.313. The van der Waals surface area contributed by atoms with Crippen LogP contribution in [0.25, 0.3) is 0 Å². The number of aromatic nitrogens is 2. The lowest BCUT2D eigenvalue weighted by atomic mass is 10.1. The van der Waals surface area contributed by atoms with Crippen LogP contribution < -0.4 is 0 Å². The van der Waals surface area contributed by atoms with Gasteiger partial charge < -0.3 is 14.2 Å². The molecule has 1 fully saturated rings. The molecule has 0 unspecified atom stereocenters. The normalized spacial score (nSPS) is 21.8. The minimum absolute atomic E-state index is 0.146. The molecule has 0 N–H and O–H groups in total. The third-order valence-electron chi connectivity index (χ3n) is 4.23. The van der Waals surface area contributed by atoms with Gasteiger partial charge in [0.15, 0.2) is 9.84 Å². The molecule has 3 rings (SSSR count). The third kappa shape index (κ3) is 4.78. The van der Waals surface area contributed by atoms with Gasteiger partial charge in [-0.25, -0.2) is 13.4 Å². The van der Waals surface area contributed by atoms with Crippen molar-refractivity contribution in [2.75, 3.05) is 31.8 Å². The molecule has 1 aliphatic carbocycles. The number of rotatable bonds is 6. The molecule has 1 aliphatic heterocycles. The van der Waals surface area contributed by atoms with Crippen LogP contribution in [0.3, 0.4) is 0 Å². The van der Waals surface area contributed by atoms with Crippen LogP contribution in [0.4, 0.5) is 0 Å². The largest absolute Gasteiger partial charge is 0.381 e. The van der Waals surface area contributed by atoms with E-state index < -0.39 is 15.6 Å². The van der Waals surface area contributed by atoms with Gasteiger partial charge in [0.1, 0.15) is 5.75 Å². The molecule has 7 nitrogen and oxygen atoms in total. The minimum atomic E-state index is -3.33. The zero-order valence-corrected chi connectivity index (χ0v) is 14.2. The number of sulfone groups is 1. The van der Waals surface area contributed by atoms with Crippen LogP contribution in [-0.2, 0) is 32.5 Å². The quantitative estimate of drug-likeness (QED) is 0.744. The smallest absolute Gasteiger partial charge is 0.238 e. The van der Waals surface area contributed by atoms with E-state index in [1.807, 2.05) is 4.57 Å². The maximum absolute atomic E-state index is 12.3. The maximum atomic E-state index is 12.3. The first-order valence-electron chi connectivity index (χ1n) is 7.93. The second kappa shape index (κ2) is 6.60. The summed E-state index contributed by atoms with van der Waals surface area (Å²) >= 11 is 0. The van der Waals surface area contributed by atoms with Crippen molar-refractivity contribution in [3.05, 3.63) is 18.2 Å². The summed E-state index contributed by atoms with van der Waals surface area (Å²) in [5.41, 5.74) is 0.927. The molecule has 1 atom stereocenters. The lowest BCUT2D eigenvalue weighted by molar-refractivity contribution is -0.129. The van der Waals surface area contributed by atoms with Crippen molar-refractivity contribution in [2.45, 2.75) is 25.9 Å². The van der Waals surface area contributed by atoms with E-state index in [4.69, 9.17) is 4.74 Å². The lowest BCUT2D eigenvalue weighted by Crippen LogP contribution is -2.38. The van der Waals surface area contributed by atoms with Crippen LogP contribution >= 0.6 is 0 Å². The van der Waals surface area contributed by atoms with Crippen molar-refractivity contribution in [1.82, 2.24) is 14.5 Å². The van der Waals surface area contributed by atoms with Crippen LogP contribution in [0, 0.1) is 11.8 Å². The van der Waals surface area contributed by atoms with Gasteiger partial charge in [-0.3, -0.25) is 4.79 Å². The van der Waals surface area contributed by atoms with Gasteiger partial charge >= 0.3 is 0 Å². The monoisotopic (exact) mass is 341 g/mol. The van der Waals surface area contributed by atoms with Crippen LogP contribution in [0.2, 0.25) is 0 Å². The summed E-state index contributed by atoms with van der Waals surface area (Å²) in [4.78, 5) is 18.1. The van der Waals surface area contributed by atoms with Gasteiger partial charge in [0.25, 0.3) is 0 Å². The first-order chi connectivity index (χ1) is 10.9. The fourth-order valence-corrected chi connectivity index (χ4v) is 3.48. The Bertz CT molecular complexity index is 666. The number of amides is 1. The van der Waals surface area contributed by atoms with Crippen molar-refractivity contribution in [1.29, 1.82) is 0 Å². The van der Waals surface area contributed by atoms with Gasteiger partial charge in [-0.2, -0.15) is 0 Å². The number of ether oxygens (including phenoxy) is 1. The van der Waals surface area contributed by atoms with E-state index in [9.17, 15) is 13.2 Å². The number of fused-ring (bicyclic) bond motifs is 1. The number of imidazole rings is 1. The predicted molar refractivity (Wildman–Crippen MR) is 84.4 cm³/mol. The Kier molecular flexibility index (Phi) is 4.72. The summed E-state index contributed by atoms with van der Waals surface area (Å²) in [5.74, 6) is 0.0474. The Hall–Kier alpha value is -1.41. The molecule has 2 aliphatic rings. The van der Waals surface area contributed by atoms with E-state index in [1.165, 1.54) is 12.8 Å². The maximum Gasteiger partial charge on any atom is 0.238 e. The minimum Gasteiger partial charge on any atom is -0.381 e. The highest BCUT2D eigenvalue weighted by Gasteiger charge is 2.28. The number of nitrogens with zero attached hydrogens (tertiary/aromatic N) is 3. The first kappa shape index (κ1) is 16.4. The molecule has 23 heavy (non-hydrogen) atoms.